The lowest BCUT2D eigenvalue weighted by molar-refractivity contribution is 0.0295. The molecule has 21 heavy (non-hydrogen) atoms. The molecule has 2 rings (SSSR count). The van der Waals surface area contributed by atoms with Gasteiger partial charge in [-0.25, -0.2) is 9.78 Å². The largest absolute Gasteiger partial charge is 0.444 e. The number of aromatic nitrogens is 1. The van der Waals surface area contributed by atoms with E-state index in [1.807, 2.05) is 39.8 Å². The van der Waals surface area contributed by atoms with Crippen LogP contribution in [-0.2, 0) is 15.5 Å². The van der Waals surface area contributed by atoms with E-state index in [0.717, 1.165) is 5.56 Å². The maximum Gasteiger partial charge on any atom is 0.410 e. The minimum absolute atomic E-state index is 0.0770. The van der Waals surface area contributed by atoms with E-state index in [4.69, 9.17) is 4.74 Å². The number of amides is 1. The second-order valence-electron chi connectivity index (χ2n) is 6.31. The van der Waals surface area contributed by atoms with E-state index in [9.17, 15) is 9.00 Å². The van der Waals surface area contributed by atoms with E-state index in [1.54, 1.807) is 11.1 Å². The molecule has 0 bridgehead atoms. The van der Waals surface area contributed by atoms with Crippen LogP contribution in [0.2, 0.25) is 0 Å². The molecule has 1 saturated heterocycles. The molecule has 1 amide bonds. The second-order valence-corrected chi connectivity index (χ2v) is 7.99. The standard InChI is InChI=1S/C15H22N2O3S/c1-11-5-7-16-13(9-11)21(19)12-6-8-17(10-12)14(18)20-15(2,3)4/h5,7,9,12H,6,8,10H2,1-4H3/t12-,21?/m0/s1. The van der Waals surface area contributed by atoms with Crippen LogP contribution in [0.25, 0.3) is 0 Å². The first-order chi connectivity index (χ1) is 9.76. The molecule has 1 aromatic rings. The number of nitrogens with zero attached hydrogens (tertiary/aromatic N) is 2. The van der Waals surface area contributed by atoms with Crippen molar-refractivity contribution in [1.82, 2.24) is 9.88 Å². The van der Waals surface area contributed by atoms with Gasteiger partial charge in [0.05, 0.1) is 16.0 Å². The summed E-state index contributed by atoms with van der Waals surface area (Å²) in [4.78, 5) is 17.8. The molecule has 0 spiro atoms. The van der Waals surface area contributed by atoms with Gasteiger partial charge in [-0.05, 0) is 51.8 Å². The molecule has 1 unspecified atom stereocenters. The fourth-order valence-electron chi connectivity index (χ4n) is 2.18. The number of pyridine rings is 1. The molecule has 116 valence electrons. The summed E-state index contributed by atoms with van der Waals surface area (Å²) in [6, 6.07) is 3.72. The van der Waals surface area contributed by atoms with Crippen molar-refractivity contribution in [3.8, 4) is 0 Å². The van der Waals surface area contributed by atoms with E-state index in [1.165, 1.54) is 0 Å². The Hall–Kier alpha value is -1.43. The molecule has 6 heteroatoms. The Bertz CT molecular complexity index is 554. The van der Waals surface area contributed by atoms with Crippen molar-refractivity contribution in [2.45, 2.75) is 50.0 Å². The van der Waals surface area contributed by atoms with Crippen LogP contribution < -0.4 is 0 Å². The lowest BCUT2D eigenvalue weighted by atomic mass is 10.2. The van der Waals surface area contributed by atoms with Gasteiger partial charge in [-0.3, -0.25) is 4.21 Å². The highest BCUT2D eigenvalue weighted by Gasteiger charge is 2.33. The van der Waals surface area contributed by atoms with E-state index >= 15 is 0 Å². The van der Waals surface area contributed by atoms with Crippen LogP contribution in [0.15, 0.2) is 23.4 Å². The Labute approximate surface area is 128 Å². The smallest absolute Gasteiger partial charge is 0.410 e. The van der Waals surface area contributed by atoms with Crippen LogP contribution in [0.4, 0.5) is 4.79 Å². The molecule has 1 aliphatic heterocycles. The highest BCUT2D eigenvalue weighted by molar-refractivity contribution is 7.85. The van der Waals surface area contributed by atoms with Crippen molar-refractivity contribution in [3.63, 3.8) is 0 Å². The number of likely N-dealkylation sites (tertiary alicyclic amines) is 1. The first kappa shape index (κ1) is 15.9. The van der Waals surface area contributed by atoms with Crippen LogP contribution in [0.5, 0.6) is 0 Å². The fourth-order valence-corrected chi connectivity index (χ4v) is 3.63. The Kier molecular flexibility index (Phi) is 4.66. The van der Waals surface area contributed by atoms with Crippen LogP contribution in [-0.4, -0.2) is 44.1 Å². The topological polar surface area (TPSA) is 59.5 Å². The number of hydrogen-bond donors (Lipinski definition) is 0. The first-order valence-corrected chi connectivity index (χ1v) is 8.29. The zero-order chi connectivity index (χ0) is 15.6. The molecule has 0 radical (unpaired) electrons. The van der Waals surface area contributed by atoms with Gasteiger partial charge < -0.3 is 9.64 Å². The minimum atomic E-state index is -1.19. The number of rotatable bonds is 2. The zero-order valence-corrected chi connectivity index (χ0v) is 13.8. The molecule has 1 aliphatic rings. The van der Waals surface area contributed by atoms with Crippen LogP contribution in [0.1, 0.15) is 32.8 Å². The maximum atomic E-state index is 12.5. The number of carbonyl (C=O) groups is 1. The maximum absolute atomic E-state index is 12.5. The summed E-state index contributed by atoms with van der Waals surface area (Å²) in [6.45, 7) is 8.51. The van der Waals surface area contributed by atoms with Crippen molar-refractivity contribution in [2.75, 3.05) is 13.1 Å². The Morgan fingerprint density at radius 2 is 2.19 bits per heavy atom. The fraction of sp³-hybridized carbons (Fsp3) is 0.600. The number of hydrogen-bond acceptors (Lipinski definition) is 4. The Morgan fingerprint density at radius 3 is 2.81 bits per heavy atom. The zero-order valence-electron chi connectivity index (χ0n) is 13.0. The average molecular weight is 310 g/mol. The molecule has 2 heterocycles. The third kappa shape index (κ3) is 4.27. The summed E-state index contributed by atoms with van der Waals surface area (Å²) in [6.07, 6.45) is 2.05. The lowest BCUT2D eigenvalue weighted by Gasteiger charge is -2.24. The lowest BCUT2D eigenvalue weighted by Crippen LogP contribution is -2.36. The summed E-state index contributed by atoms with van der Waals surface area (Å²) in [5.74, 6) is 0. The molecule has 1 aromatic heterocycles. The number of aryl methyl sites for hydroxylation is 1. The van der Waals surface area contributed by atoms with Crippen molar-refractivity contribution in [1.29, 1.82) is 0 Å². The predicted molar refractivity (Wildman–Crippen MR) is 81.6 cm³/mol. The van der Waals surface area contributed by atoms with Gasteiger partial charge in [0.25, 0.3) is 0 Å². The second kappa shape index (κ2) is 6.13. The molecular weight excluding hydrogens is 288 g/mol. The van der Waals surface area contributed by atoms with Gasteiger partial charge in [0.1, 0.15) is 10.6 Å². The Morgan fingerprint density at radius 1 is 1.48 bits per heavy atom. The van der Waals surface area contributed by atoms with Gasteiger partial charge in [0.15, 0.2) is 0 Å². The predicted octanol–water partition coefficient (Wildman–Crippen LogP) is 2.51. The normalized spacial score (nSPS) is 20.4. The third-order valence-electron chi connectivity index (χ3n) is 3.20. The summed E-state index contributed by atoms with van der Waals surface area (Å²) >= 11 is 0. The van der Waals surface area contributed by atoms with Crippen LogP contribution >= 0.6 is 0 Å². The minimum Gasteiger partial charge on any atom is -0.444 e. The molecule has 1 fully saturated rings. The highest BCUT2D eigenvalue weighted by atomic mass is 32.2. The van der Waals surface area contributed by atoms with Crippen LogP contribution in [0.3, 0.4) is 0 Å². The monoisotopic (exact) mass is 310 g/mol. The number of ether oxygens (including phenoxy) is 1. The summed E-state index contributed by atoms with van der Waals surface area (Å²) in [5.41, 5.74) is 0.530. The molecule has 0 N–H and O–H groups in total. The summed E-state index contributed by atoms with van der Waals surface area (Å²) in [7, 11) is -1.19. The first-order valence-electron chi connectivity index (χ1n) is 7.07. The summed E-state index contributed by atoms with van der Waals surface area (Å²) in [5, 5.41) is 0.512. The van der Waals surface area contributed by atoms with Crippen molar-refractivity contribution >= 4 is 16.9 Å². The molecule has 0 saturated carbocycles. The molecular formula is C15H22N2O3S. The van der Waals surface area contributed by atoms with Gasteiger partial charge >= 0.3 is 6.09 Å². The quantitative estimate of drug-likeness (QED) is 0.842. The van der Waals surface area contributed by atoms with Gasteiger partial charge in [-0.15, -0.1) is 0 Å². The van der Waals surface area contributed by atoms with Gasteiger partial charge in [0, 0.05) is 19.3 Å². The molecule has 0 aliphatic carbocycles. The van der Waals surface area contributed by atoms with E-state index < -0.39 is 16.4 Å². The SMILES string of the molecule is Cc1ccnc(S(=O)[C@H]2CCN(C(=O)OC(C)(C)C)C2)c1. The molecule has 5 nitrogen and oxygen atoms in total. The van der Waals surface area contributed by atoms with Crippen LogP contribution in [0, 0.1) is 6.92 Å². The molecule has 0 aromatic carbocycles. The van der Waals surface area contributed by atoms with Crippen molar-refractivity contribution < 1.29 is 13.7 Å². The van der Waals surface area contributed by atoms with E-state index in [0.29, 0.717) is 24.5 Å². The average Bonchev–Trinajstić information content (AvgIpc) is 2.85. The van der Waals surface area contributed by atoms with Gasteiger partial charge in [0.2, 0.25) is 0 Å². The van der Waals surface area contributed by atoms with E-state index in [2.05, 4.69) is 4.98 Å². The van der Waals surface area contributed by atoms with E-state index in [-0.39, 0.29) is 11.3 Å². The van der Waals surface area contributed by atoms with Crippen molar-refractivity contribution in [3.05, 3.63) is 23.9 Å². The van der Waals surface area contributed by atoms with Crippen molar-refractivity contribution in [2.24, 2.45) is 0 Å². The molecule has 2 atom stereocenters. The number of carbonyl (C=O) groups excluding carboxylic acids is 1. The highest BCUT2D eigenvalue weighted by Crippen LogP contribution is 2.21. The summed E-state index contributed by atoms with van der Waals surface area (Å²) < 4.78 is 17.9. The van der Waals surface area contributed by atoms with Gasteiger partial charge in [-0.2, -0.15) is 0 Å². The Balaban J connectivity index is 1.99. The van der Waals surface area contributed by atoms with Gasteiger partial charge in [-0.1, -0.05) is 0 Å². The third-order valence-corrected chi connectivity index (χ3v) is 4.82.